The van der Waals surface area contributed by atoms with Gasteiger partial charge in [-0.1, -0.05) is 62.2 Å². The molecule has 1 aliphatic heterocycles. The van der Waals surface area contributed by atoms with Crippen LogP contribution in [-0.4, -0.2) is 37.8 Å². The fourth-order valence-corrected chi connectivity index (χ4v) is 5.20. The van der Waals surface area contributed by atoms with E-state index in [9.17, 15) is 9.59 Å². The summed E-state index contributed by atoms with van der Waals surface area (Å²) in [6.45, 7) is 4.86. The van der Waals surface area contributed by atoms with Crippen LogP contribution < -0.4 is 5.32 Å². The molecule has 1 fully saturated rings. The summed E-state index contributed by atoms with van der Waals surface area (Å²) in [6, 6.07) is 17.8. The number of fused-ring (bicyclic) bond motifs is 3. The van der Waals surface area contributed by atoms with Gasteiger partial charge >= 0.3 is 0 Å². The van der Waals surface area contributed by atoms with Crippen molar-refractivity contribution in [2.45, 2.75) is 64.2 Å². The molecule has 0 saturated heterocycles. The number of rotatable bonds is 4. The van der Waals surface area contributed by atoms with Crippen LogP contribution in [0.5, 0.6) is 0 Å². The third-order valence-electron chi connectivity index (χ3n) is 7.25. The van der Waals surface area contributed by atoms with Crippen LogP contribution in [0.25, 0.3) is 11.0 Å². The maximum Gasteiger partial charge on any atom is 0.291 e. The zero-order chi connectivity index (χ0) is 22.3. The lowest BCUT2D eigenvalue weighted by molar-refractivity contribution is -0.134. The average Bonchev–Trinajstić information content (AvgIpc) is 3.17. The summed E-state index contributed by atoms with van der Waals surface area (Å²) < 4.78 is 1.92. The van der Waals surface area contributed by atoms with E-state index in [4.69, 9.17) is 0 Å². The zero-order valence-corrected chi connectivity index (χ0v) is 18.8. The fraction of sp³-hybridized carbons (Fsp3) is 0.423. The van der Waals surface area contributed by atoms with Gasteiger partial charge in [0, 0.05) is 12.6 Å². The van der Waals surface area contributed by atoms with Crippen LogP contribution >= 0.6 is 0 Å². The lowest BCUT2D eigenvalue weighted by Gasteiger charge is -2.44. The van der Waals surface area contributed by atoms with Crippen molar-refractivity contribution >= 4 is 22.8 Å². The molecule has 1 saturated carbocycles. The topological polar surface area (TPSA) is 67.2 Å². The van der Waals surface area contributed by atoms with Gasteiger partial charge in [-0.05, 0) is 43.4 Å². The van der Waals surface area contributed by atoms with Gasteiger partial charge in [-0.25, -0.2) is 4.98 Å². The first kappa shape index (κ1) is 20.7. The summed E-state index contributed by atoms with van der Waals surface area (Å²) in [4.78, 5) is 33.9. The second-order valence-corrected chi connectivity index (χ2v) is 9.50. The SMILES string of the molecule is C[C@@H]1CCCC[C@@H]1NC(=O)[C@]1(C)Cn2c(nc3ccccc32)C(=O)N1Cc1ccccc1. The Morgan fingerprint density at radius 2 is 1.81 bits per heavy atom. The summed E-state index contributed by atoms with van der Waals surface area (Å²) in [6.07, 6.45) is 4.47. The fourth-order valence-electron chi connectivity index (χ4n) is 5.20. The Kier molecular flexibility index (Phi) is 5.24. The van der Waals surface area contributed by atoms with Gasteiger partial charge in [-0.2, -0.15) is 0 Å². The molecule has 1 aromatic heterocycles. The largest absolute Gasteiger partial charge is 0.351 e. The number of benzene rings is 2. The minimum atomic E-state index is -1.01. The maximum absolute atomic E-state index is 13.8. The average molecular weight is 431 g/mol. The molecule has 0 spiro atoms. The van der Waals surface area contributed by atoms with Crippen LogP contribution in [0.2, 0.25) is 0 Å². The molecule has 0 radical (unpaired) electrons. The molecule has 5 rings (SSSR count). The Balaban J connectivity index is 1.55. The van der Waals surface area contributed by atoms with Crippen molar-refractivity contribution in [3.05, 3.63) is 66.0 Å². The monoisotopic (exact) mass is 430 g/mol. The minimum Gasteiger partial charge on any atom is -0.351 e. The van der Waals surface area contributed by atoms with Gasteiger partial charge < -0.3 is 14.8 Å². The van der Waals surface area contributed by atoms with Gasteiger partial charge in [-0.15, -0.1) is 0 Å². The summed E-state index contributed by atoms with van der Waals surface area (Å²) in [7, 11) is 0. The first-order valence-electron chi connectivity index (χ1n) is 11.6. The van der Waals surface area contributed by atoms with Crippen LogP contribution in [-0.2, 0) is 17.9 Å². The van der Waals surface area contributed by atoms with E-state index in [1.165, 1.54) is 6.42 Å². The maximum atomic E-state index is 13.8. The zero-order valence-electron chi connectivity index (χ0n) is 18.8. The predicted molar refractivity (Wildman–Crippen MR) is 124 cm³/mol. The van der Waals surface area contributed by atoms with Crippen LogP contribution in [0.1, 0.15) is 55.7 Å². The highest BCUT2D eigenvalue weighted by Crippen LogP contribution is 2.33. The van der Waals surface area contributed by atoms with Crippen molar-refractivity contribution in [3.63, 3.8) is 0 Å². The molecule has 2 heterocycles. The van der Waals surface area contributed by atoms with Crippen LogP contribution in [0.15, 0.2) is 54.6 Å². The molecular weight excluding hydrogens is 400 g/mol. The number of hydrogen-bond acceptors (Lipinski definition) is 3. The lowest BCUT2D eigenvalue weighted by Crippen LogP contribution is -2.65. The number of imidazole rings is 1. The van der Waals surface area contributed by atoms with Crippen LogP contribution in [0, 0.1) is 5.92 Å². The van der Waals surface area contributed by atoms with Crippen LogP contribution in [0.4, 0.5) is 0 Å². The number of nitrogens with zero attached hydrogens (tertiary/aromatic N) is 3. The molecule has 0 unspecified atom stereocenters. The Hall–Kier alpha value is -3.15. The normalized spacial score (nSPS) is 25.6. The number of aromatic nitrogens is 2. The van der Waals surface area contributed by atoms with Crippen molar-refractivity contribution in [1.29, 1.82) is 0 Å². The Bertz CT molecular complexity index is 1160. The van der Waals surface area contributed by atoms with Gasteiger partial charge in [0.2, 0.25) is 5.91 Å². The third kappa shape index (κ3) is 3.48. The Morgan fingerprint density at radius 3 is 2.59 bits per heavy atom. The van der Waals surface area contributed by atoms with E-state index in [2.05, 4.69) is 17.2 Å². The lowest BCUT2D eigenvalue weighted by atomic mass is 9.85. The van der Waals surface area contributed by atoms with E-state index in [-0.39, 0.29) is 17.9 Å². The first-order valence-corrected chi connectivity index (χ1v) is 11.6. The second-order valence-electron chi connectivity index (χ2n) is 9.50. The van der Waals surface area contributed by atoms with Gasteiger partial charge in [0.15, 0.2) is 5.82 Å². The smallest absolute Gasteiger partial charge is 0.291 e. The molecule has 6 heteroatoms. The van der Waals surface area contributed by atoms with E-state index < -0.39 is 5.54 Å². The van der Waals surface area contributed by atoms with Gasteiger partial charge in [0.05, 0.1) is 17.6 Å². The van der Waals surface area contributed by atoms with Gasteiger partial charge in [0.25, 0.3) is 5.91 Å². The van der Waals surface area contributed by atoms with Crippen molar-refractivity contribution in [2.24, 2.45) is 5.92 Å². The van der Waals surface area contributed by atoms with E-state index in [1.807, 2.05) is 66.1 Å². The Morgan fingerprint density at radius 1 is 1.09 bits per heavy atom. The summed E-state index contributed by atoms with van der Waals surface area (Å²) in [5.41, 5.74) is 1.65. The molecule has 0 bridgehead atoms. The van der Waals surface area contributed by atoms with Crippen molar-refractivity contribution in [2.75, 3.05) is 0 Å². The molecule has 2 amide bonds. The van der Waals surface area contributed by atoms with Gasteiger partial charge in [-0.3, -0.25) is 9.59 Å². The predicted octanol–water partition coefficient (Wildman–Crippen LogP) is 4.15. The van der Waals surface area contributed by atoms with Crippen LogP contribution in [0.3, 0.4) is 0 Å². The van der Waals surface area contributed by atoms with Crippen molar-refractivity contribution in [1.82, 2.24) is 19.8 Å². The molecule has 1 aliphatic carbocycles. The highest BCUT2D eigenvalue weighted by molar-refractivity contribution is 6.01. The molecule has 3 aromatic rings. The molecule has 1 N–H and O–H groups in total. The highest BCUT2D eigenvalue weighted by Gasteiger charge is 2.49. The molecule has 2 aromatic carbocycles. The summed E-state index contributed by atoms with van der Waals surface area (Å²) >= 11 is 0. The quantitative estimate of drug-likeness (QED) is 0.676. The molecule has 32 heavy (non-hydrogen) atoms. The molecular formula is C26H30N4O2. The molecule has 3 atom stereocenters. The highest BCUT2D eigenvalue weighted by atomic mass is 16.2. The number of amides is 2. The number of carbonyl (C=O) groups excluding carboxylic acids is 2. The first-order chi connectivity index (χ1) is 15.5. The number of carbonyl (C=O) groups is 2. The number of nitrogens with one attached hydrogen (secondary N) is 1. The summed E-state index contributed by atoms with van der Waals surface area (Å²) in [5.74, 6) is 0.566. The number of para-hydroxylation sites is 2. The van der Waals surface area contributed by atoms with E-state index in [0.717, 1.165) is 35.9 Å². The third-order valence-corrected chi connectivity index (χ3v) is 7.25. The van der Waals surface area contributed by atoms with E-state index >= 15 is 0 Å². The standard InChI is InChI=1S/C26H30N4O2/c1-18-10-6-7-13-20(18)28-25(32)26(2)17-29-22-15-9-8-14-21(22)27-23(29)24(31)30(26)16-19-11-4-3-5-12-19/h3-5,8-9,11-12,14-15,18,20H,6-7,10,13,16-17H2,1-2H3,(H,28,32)/t18-,20+,26+/m1/s1. The van der Waals surface area contributed by atoms with Crippen molar-refractivity contribution in [3.8, 4) is 0 Å². The number of hydrogen-bond donors (Lipinski definition) is 1. The second kappa shape index (κ2) is 8.08. The summed E-state index contributed by atoms with van der Waals surface area (Å²) in [5, 5.41) is 3.32. The minimum absolute atomic E-state index is 0.0797. The van der Waals surface area contributed by atoms with E-state index in [0.29, 0.717) is 24.8 Å². The molecule has 166 valence electrons. The molecule has 6 nitrogen and oxygen atoms in total. The Labute approximate surface area is 188 Å². The molecule has 2 aliphatic rings. The van der Waals surface area contributed by atoms with E-state index in [1.54, 1.807) is 4.90 Å². The van der Waals surface area contributed by atoms with Crippen molar-refractivity contribution < 1.29 is 9.59 Å². The van der Waals surface area contributed by atoms with Gasteiger partial charge in [0.1, 0.15) is 5.54 Å².